The van der Waals surface area contributed by atoms with Crippen LogP contribution < -0.4 is 10.1 Å². The largest absolute Gasteiger partial charge is 0.493 e. The Morgan fingerprint density at radius 1 is 1.00 bits per heavy atom. The van der Waals surface area contributed by atoms with Crippen LogP contribution in [0.1, 0.15) is 75.3 Å². The third-order valence-electron chi connectivity index (χ3n) is 6.66. The Hall–Kier alpha value is -2.82. The minimum atomic E-state index is -0.0579. The Morgan fingerprint density at radius 2 is 1.72 bits per heavy atom. The Kier molecular flexibility index (Phi) is 6.54. The van der Waals surface area contributed by atoms with Gasteiger partial charge in [-0.05, 0) is 69.9 Å². The van der Waals surface area contributed by atoms with Crippen LogP contribution in [0.2, 0.25) is 0 Å². The Morgan fingerprint density at radius 3 is 2.38 bits per heavy atom. The monoisotopic (exact) mass is 434 g/mol. The van der Waals surface area contributed by atoms with Crippen LogP contribution in [-0.2, 0) is 4.79 Å². The number of nitrogens with zero attached hydrogens (tertiary/aromatic N) is 1. The molecular weight excluding hydrogens is 400 g/mol. The van der Waals surface area contributed by atoms with Gasteiger partial charge in [0.25, 0.3) is 5.91 Å². The van der Waals surface area contributed by atoms with Crippen molar-refractivity contribution in [1.29, 1.82) is 0 Å². The molecule has 1 unspecified atom stereocenters. The van der Waals surface area contributed by atoms with Crippen molar-refractivity contribution in [1.82, 2.24) is 10.2 Å². The molecule has 1 fully saturated rings. The third-order valence-corrected chi connectivity index (χ3v) is 6.66. The summed E-state index contributed by atoms with van der Waals surface area (Å²) in [6, 6.07) is 14.0. The molecule has 1 aliphatic carbocycles. The first-order chi connectivity index (χ1) is 15.4. The van der Waals surface area contributed by atoms with Crippen molar-refractivity contribution in [2.24, 2.45) is 5.92 Å². The fourth-order valence-electron chi connectivity index (χ4n) is 4.80. The van der Waals surface area contributed by atoms with Crippen LogP contribution in [0.5, 0.6) is 5.75 Å². The summed E-state index contributed by atoms with van der Waals surface area (Å²) in [5, 5.41) is 3.25. The summed E-state index contributed by atoms with van der Waals surface area (Å²) in [5.41, 5.74) is 3.56. The van der Waals surface area contributed by atoms with E-state index in [2.05, 4.69) is 11.4 Å². The normalized spacial score (nSPS) is 18.0. The molecular formula is C27H34N2O3. The Labute approximate surface area is 191 Å². The summed E-state index contributed by atoms with van der Waals surface area (Å²) in [4.78, 5) is 28.0. The highest BCUT2D eigenvalue weighted by molar-refractivity contribution is 6.01. The number of ether oxygens (including phenoxy) is 1. The van der Waals surface area contributed by atoms with E-state index in [4.69, 9.17) is 4.74 Å². The molecule has 1 aliphatic heterocycles. The molecule has 5 heteroatoms. The number of amides is 2. The van der Waals surface area contributed by atoms with E-state index in [1.165, 1.54) is 0 Å². The summed E-state index contributed by atoms with van der Waals surface area (Å²) in [5.74, 6) is 1.16. The molecule has 2 amide bonds. The molecule has 0 spiro atoms. The van der Waals surface area contributed by atoms with Gasteiger partial charge in [0, 0.05) is 35.5 Å². The van der Waals surface area contributed by atoms with E-state index in [1.54, 1.807) is 0 Å². The lowest BCUT2D eigenvalue weighted by Crippen LogP contribution is -2.42. The maximum Gasteiger partial charge on any atom is 0.254 e. The molecule has 170 valence electrons. The molecule has 2 aliphatic rings. The zero-order valence-corrected chi connectivity index (χ0v) is 19.6. The first-order valence-corrected chi connectivity index (χ1v) is 11.9. The molecule has 5 nitrogen and oxygen atoms in total. The SMILES string of the molecule is CC(C)N(C(=O)c1ccccc1-c1ccc2c(c1)C(NC(=O)C1CCC1)CCO2)C(C)C. The molecule has 0 bridgehead atoms. The standard InChI is InChI=1S/C27H34N2O3/c1-17(2)29(18(3)4)27(31)22-11-6-5-10-21(22)20-12-13-25-23(16-20)24(14-15-32-25)28-26(30)19-8-7-9-19/h5-6,10-13,16-19,24H,7-9,14-15H2,1-4H3,(H,28,30). The predicted molar refractivity (Wildman–Crippen MR) is 127 cm³/mol. The van der Waals surface area contributed by atoms with E-state index < -0.39 is 0 Å². The lowest BCUT2D eigenvalue weighted by molar-refractivity contribution is -0.128. The van der Waals surface area contributed by atoms with E-state index in [-0.39, 0.29) is 35.9 Å². The number of benzene rings is 2. The van der Waals surface area contributed by atoms with E-state index in [0.717, 1.165) is 48.1 Å². The van der Waals surface area contributed by atoms with Gasteiger partial charge in [-0.3, -0.25) is 9.59 Å². The zero-order chi connectivity index (χ0) is 22.8. The van der Waals surface area contributed by atoms with Crippen molar-refractivity contribution in [3.8, 4) is 16.9 Å². The second-order valence-electron chi connectivity index (χ2n) is 9.52. The van der Waals surface area contributed by atoms with Crippen molar-refractivity contribution in [2.75, 3.05) is 6.61 Å². The zero-order valence-electron chi connectivity index (χ0n) is 19.6. The number of rotatable bonds is 6. The summed E-state index contributed by atoms with van der Waals surface area (Å²) in [6.07, 6.45) is 3.87. The maximum atomic E-state index is 13.5. The summed E-state index contributed by atoms with van der Waals surface area (Å²) >= 11 is 0. The van der Waals surface area contributed by atoms with Crippen molar-refractivity contribution in [3.05, 3.63) is 53.6 Å². The molecule has 4 rings (SSSR count). The number of carbonyl (C=O) groups excluding carboxylic acids is 2. The van der Waals surface area contributed by atoms with Gasteiger partial charge in [-0.25, -0.2) is 0 Å². The average Bonchev–Trinajstić information content (AvgIpc) is 2.72. The summed E-state index contributed by atoms with van der Waals surface area (Å²) in [6.45, 7) is 8.78. The van der Waals surface area contributed by atoms with Crippen LogP contribution in [0.4, 0.5) is 0 Å². The van der Waals surface area contributed by atoms with E-state index >= 15 is 0 Å². The number of nitrogens with one attached hydrogen (secondary N) is 1. The molecule has 2 aromatic rings. The van der Waals surface area contributed by atoms with Crippen LogP contribution in [0, 0.1) is 5.92 Å². The quantitative estimate of drug-likeness (QED) is 0.666. The molecule has 0 radical (unpaired) electrons. The molecule has 1 heterocycles. The first-order valence-electron chi connectivity index (χ1n) is 11.9. The first kappa shape index (κ1) is 22.4. The fraction of sp³-hybridized carbons (Fsp3) is 0.481. The topological polar surface area (TPSA) is 58.6 Å². The van der Waals surface area contributed by atoms with Gasteiger partial charge >= 0.3 is 0 Å². The van der Waals surface area contributed by atoms with Gasteiger partial charge in [0.1, 0.15) is 5.75 Å². The van der Waals surface area contributed by atoms with E-state index in [1.807, 2.05) is 69.0 Å². The van der Waals surface area contributed by atoms with Gasteiger partial charge in [0.2, 0.25) is 5.91 Å². The Balaban J connectivity index is 1.68. The molecule has 0 aromatic heterocycles. The minimum absolute atomic E-state index is 0.0365. The van der Waals surface area contributed by atoms with Crippen LogP contribution in [0.25, 0.3) is 11.1 Å². The number of carbonyl (C=O) groups is 2. The summed E-state index contributed by atoms with van der Waals surface area (Å²) < 4.78 is 5.88. The highest BCUT2D eigenvalue weighted by Crippen LogP contribution is 2.37. The molecule has 32 heavy (non-hydrogen) atoms. The van der Waals surface area contributed by atoms with Crippen LogP contribution in [0.3, 0.4) is 0 Å². The third kappa shape index (κ3) is 4.38. The lowest BCUT2D eigenvalue weighted by Gasteiger charge is -2.32. The second kappa shape index (κ2) is 9.35. The van der Waals surface area contributed by atoms with Gasteiger partial charge in [0.15, 0.2) is 0 Å². The highest BCUT2D eigenvalue weighted by Gasteiger charge is 2.30. The predicted octanol–water partition coefficient (Wildman–Crippen LogP) is 5.35. The highest BCUT2D eigenvalue weighted by atomic mass is 16.5. The lowest BCUT2D eigenvalue weighted by atomic mass is 9.84. The molecule has 2 aromatic carbocycles. The smallest absolute Gasteiger partial charge is 0.254 e. The van der Waals surface area contributed by atoms with E-state index in [0.29, 0.717) is 12.2 Å². The number of fused-ring (bicyclic) bond motifs is 1. The van der Waals surface area contributed by atoms with Crippen LogP contribution in [-0.4, -0.2) is 35.4 Å². The van der Waals surface area contributed by atoms with Gasteiger partial charge in [-0.15, -0.1) is 0 Å². The number of hydrogen-bond acceptors (Lipinski definition) is 3. The molecule has 1 N–H and O–H groups in total. The second-order valence-corrected chi connectivity index (χ2v) is 9.52. The van der Waals surface area contributed by atoms with Crippen molar-refractivity contribution >= 4 is 11.8 Å². The number of hydrogen-bond donors (Lipinski definition) is 1. The fourth-order valence-corrected chi connectivity index (χ4v) is 4.80. The van der Waals surface area contributed by atoms with Gasteiger partial charge in [0.05, 0.1) is 12.6 Å². The Bertz CT molecular complexity index is 986. The van der Waals surface area contributed by atoms with Crippen LogP contribution >= 0.6 is 0 Å². The van der Waals surface area contributed by atoms with E-state index in [9.17, 15) is 9.59 Å². The van der Waals surface area contributed by atoms with Gasteiger partial charge in [-0.2, -0.15) is 0 Å². The van der Waals surface area contributed by atoms with Crippen molar-refractivity contribution in [3.63, 3.8) is 0 Å². The van der Waals surface area contributed by atoms with Crippen molar-refractivity contribution in [2.45, 2.75) is 71.5 Å². The minimum Gasteiger partial charge on any atom is -0.493 e. The van der Waals surface area contributed by atoms with Gasteiger partial charge in [-0.1, -0.05) is 30.7 Å². The maximum absolute atomic E-state index is 13.5. The molecule has 1 atom stereocenters. The molecule has 1 saturated carbocycles. The summed E-state index contributed by atoms with van der Waals surface area (Å²) in [7, 11) is 0. The van der Waals surface area contributed by atoms with Crippen LogP contribution in [0.15, 0.2) is 42.5 Å². The molecule has 0 saturated heterocycles. The average molecular weight is 435 g/mol. The van der Waals surface area contributed by atoms with Crippen molar-refractivity contribution < 1.29 is 14.3 Å². The van der Waals surface area contributed by atoms with Gasteiger partial charge < -0.3 is 15.0 Å².